The van der Waals surface area contributed by atoms with Gasteiger partial charge in [0.25, 0.3) is 5.91 Å². The molecule has 0 unspecified atom stereocenters. The van der Waals surface area contributed by atoms with E-state index in [1.807, 2.05) is 14.1 Å². The molecular formula is C8H11N3OS. The van der Waals surface area contributed by atoms with Gasteiger partial charge in [0, 0.05) is 27.1 Å². The fourth-order valence-corrected chi connectivity index (χ4v) is 2.30. The highest BCUT2D eigenvalue weighted by molar-refractivity contribution is 7.17. The standard InChI is InChI=1S/C8H11N3OS/c1-9-8-10-5-3-4-11(2)7(12)6(5)13-8/h3-4H2,1-2H3,(H,9,10). The summed E-state index contributed by atoms with van der Waals surface area (Å²) < 4.78 is 0. The molecule has 1 amide bonds. The summed E-state index contributed by atoms with van der Waals surface area (Å²) in [6.07, 6.45) is 0.871. The third-order valence-electron chi connectivity index (χ3n) is 2.14. The van der Waals surface area contributed by atoms with Crippen LogP contribution in [0.5, 0.6) is 0 Å². The van der Waals surface area contributed by atoms with E-state index in [9.17, 15) is 4.79 Å². The van der Waals surface area contributed by atoms with E-state index in [1.165, 1.54) is 11.3 Å². The first-order chi connectivity index (χ1) is 6.22. The van der Waals surface area contributed by atoms with Crippen molar-refractivity contribution in [1.29, 1.82) is 0 Å². The van der Waals surface area contributed by atoms with E-state index in [2.05, 4.69) is 10.3 Å². The molecular weight excluding hydrogens is 186 g/mol. The highest BCUT2D eigenvalue weighted by Gasteiger charge is 2.25. The fourth-order valence-electron chi connectivity index (χ4n) is 1.34. The molecule has 1 aliphatic rings. The molecule has 0 aliphatic carbocycles. The number of anilines is 1. The molecule has 0 saturated carbocycles. The molecule has 0 bridgehead atoms. The second kappa shape index (κ2) is 2.99. The van der Waals surface area contributed by atoms with Crippen LogP contribution in [0.2, 0.25) is 0 Å². The lowest BCUT2D eigenvalue weighted by Gasteiger charge is -2.20. The maximum Gasteiger partial charge on any atom is 0.265 e. The number of carbonyl (C=O) groups excluding carboxylic acids is 1. The number of rotatable bonds is 1. The SMILES string of the molecule is CNc1nc2c(s1)C(=O)N(C)CC2. The summed E-state index contributed by atoms with van der Waals surface area (Å²) in [5.74, 6) is 0.0975. The molecule has 1 aliphatic heterocycles. The predicted molar refractivity (Wildman–Crippen MR) is 52.3 cm³/mol. The Labute approximate surface area is 80.6 Å². The fraction of sp³-hybridized carbons (Fsp3) is 0.500. The molecule has 1 aromatic rings. The molecule has 0 spiro atoms. The van der Waals surface area contributed by atoms with Crippen LogP contribution in [0.4, 0.5) is 5.13 Å². The van der Waals surface area contributed by atoms with Crippen LogP contribution in [-0.4, -0.2) is 36.4 Å². The number of amides is 1. The van der Waals surface area contributed by atoms with Crippen LogP contribution in [0.15, 0.2) is 0 Å². The number of carbonyl (C=O) groups is 1. The second-order valence-corrected chi connectivity index (χ2v) is 4.02. The van der Waals surface area contributed by atoms with Gasteiger partial charge in [-0.2, -0.15) is 0 Å². The first-order valence-electron chi connectivity index (χ1n) is 4.15. The molecule has 2 heterocycles. The van der Waals surface area contributed by atoms with Gasteiger partial charge in [-0.15, -0.1) is 0 Å². The van der Waals surface area contributed by atoms with Gasteiger partial charge in [0.05, 0.1) is 5.69 Å². The number of aromatic nitrogens is 1. The van der Waals surface area contributed by atoms with Gasteiger partial charge in [-0.25, -0.2) is 4.98 Å². The number of nitrogens with one attached hydrogen (secondary N) is 1. The average Bonchev–Trinajstić information content (AvgIpc) is 2.55. The monoisotopic (exact) mass is 197 g/mol. The van der Waals surface area contributed by atoms with Crippen molar-refractivity contribution in [3.63, 3.8) is 0 Å². The van der Waals surface area contributed by atoms with Gasteiger partial charge < -0.3 is 10.2 Å². The Kier molecular flexibility index (Phi) is 1.95. The molecule has 2 rings (SSSR count). The summed E-state index contributed by atoms with van der Waals surface area (Å²) in [6, 6.07) is 0. The topological polar surface area (TPSA) is 45.2 Å². The molecule has 0 atom stereocenters. The Balaban J connectivity index is 2.42. The summed E-state index contributed by atoms with van der Waals surface area (Å²) >= 11 is 1.43. The molecule has 1 aromatic heterocycles. The zero-order chi connectivity index (χ0) is 9.42. The van der Waals surface area contributed by atoms with E-state index >= 15 is 0 Å². The average molecular weight is 197 g/mol. The van der Waals surface area contributed by atoms with Crippen LogP contribution in [-0.2, 0) is 6.42 Å². The van der Waals surface area contributed by atoms with E-state index in [-0.39, 0.29) is 5.91 Å². The lowest BCUT2D eigenvalue weighted by atomic mass is 10.2. The Morgan fingerprint density at radius 1 is 1.62 bits per heavy atom. The Hall–Kier alpha value is -1.10. The zero-order valence-electron chi connectivity index (χ0n) is 7.63. The van der Waals surface area contributed by atoms with E-state index in [1.54, 1.807) is 4.90 Å². The molecule has 1 N–H and O–H groups in total. The van der Waals surface area contributed by atoms with Crippen LogP contribution in [0.25, 0.3) is 0 Å². The van der Waals surface area contributed by atoms with Crippen molar-refractivity contribution in [3.8, 4) is 0 Å². The van der Waals surface area contributed by atoms with Crippen molar-refractivity contribution in [1.82, 2.24) is 9.88 Å². The van der Waals surface area contributed by atoms with Crippen LogP contribution < -0.4 is 5.32 Å². The van der Waals surface area contributed by atoms with Gasteiger partial charge in [-0.1, -0.05) is 11.3 Å². The van der Waals surface area contributed by atoms with Crippen molar-refractivity contribution >= 4 is 22.4 Å². The first-order valence-corrected chi connectivity index (χ1v) is 4.97. The van der Waals surface area contributed by atoms with E-state index in [0.29, 0.717) is 0 Å². The number of likely N-dealkylation sites (N-methyl/N-ethyl adjacent to an activating group) is 1. The summed E-state index contributed by atoms with van der Waals surface area (Å²) in [7, 11) is 3.64. The summed E-state index contributed by atoms with van der Waals surface area (Å²) in [4.78, 5) is 18.5. The Morgan fingerprint density at radius 2 is 2.38 bits per heavy atom. The van der Waals surface area contributed by atoms with Gasteiger partial charge >= 0.3 is 0 Å². The first kappa shape index (κ1) is 8.50. The zero-order valence-corrected chi connectivity index (χ0v) is 8.44. The smallest absolute Gasteiger partial charge is 0.265 e. The van der Waals surface area contributed by atoms with Gasteiger partial charge in [0.15, 0.2) is 5.13 Å². The van der Waals surface area contributed by atoms with Gasteiger partial charge in [0.1, 0.15) is 4.88 Å². The number of fused-ring (bicyclic) bond motifs is 1. The highest BCUT2D eigenvalue weighted by Crippen LogP contribution is 2.27. The number of hydrogen-bond acceptors (Lipinski definition) is 4. The summed E-state index contributed by atoms with van der Waals surface area (Å²) in [6.45, 7) is 0.777. The van der Waals surface area contributed by atoms with Gasteiger partial charge in [-0.3, -0.25) is 4.79 Å². The minimum absolute atomic E-state index is 0.0975. The predicted octanol–water partition coefficient (Wildman–Crippen LogP) is 0.813. The van der Waals surface area contributed by atoms with Crippen LogP contribution in [0, 0.1) is 0 Å². The molecule has 0 aromatic carbocycles. The lowest BCUT2D eigenvalue weighted by molar-refractivity contribution is 0.0785. The Morgan fingerprint density at radius 3 is 3.08 bits per heavy atom. The minimum Gasteiger partial charge on any atom is -0.365 e. The van der Waals surface area contributed by atoms with Crippen LogP contribution in [0.1, 0.15) is 15.4 Å². The molecule has 70 valence electrons. The van der Waals surface area contributed by atoms with E-state index < -0.39 is 0 Å². The third-order valence-corrected chi connectivity index (χ3v) is 3.24. The van der Waals surface area contributed by atoms with Gasteiger partial charge in [0.2, 0.25) is 0 Å². The van der Waals surface area contributed by atoms with Gasteiger partial charge in [-0.05, 0) is 0 Å². The summed E-state index contributed by atoms with van der Waals surface area (Å²) in [5.41, 5.74) is 0.942. The lowest BCUT2D eigenvalue weighted by Crippen LogP contribution is -2.33. The van der Waals surface area contributed by atoms with E-state index in [0.717, 1.165) is 28.7 Å². The highest BCUT2D eigenvalue weighted by atomic mass is 32.1. The maximum atomic E-state index is 11.6. The normalized spacial score (nSPS) is 15.8. The van der Waals surface area contributed by atoms with E-state index in [4.69, 9.17) is 0 Å². The molecule has 4 nitrogen and oxygen atoms in total. The van der Waals surface area contributed by atoms with Crippen molar-refractivity contribution in [3.05, 3.63) is 10.6 Å². The van der Waals surface area contributed by atoms with Crippen LogP contribution >= 0.6 is 11.3 Å². The van der Waals surface area contributed by atoms with Crippen molar-refractivity contribution < 1.29 is 4.79 Å². The molecule has 0 radical (unpaired) electrons. The minimum atomic E-state index is 0.0975. The molecule has 5 heteroatoms. The molecule has 0 fully saturated rings. The van der Waals surface area contributed by atoms with Crippen molar-refractivity contribution in [2.75, 3.05) is 26.0 Å². The van der Waals surface area contributed by atoms with Crippen molar-refractivity contribution in [2.45, 2.75) is 6.42 Å². The Bertz CT molecular complexity index is 347. The molecule has 0 saturated heterocycles. The van der Waals surface area contributed by atoms with Crippen LogP contribution in [0.3, 0.4) is 0 Å². The number of thiazole rings is 1. The largest absolute Gasteiger partial charge is 0.365 e. The third kappa shape index (κ3) is 1.29. The maximum absolute atomic E-state index is 11.6. The number of hydrogen-bond donors (Lipinski definition) is 1. The molecule has 13 heavy (non-hydrogen) atoms. The summed E-state index contributed by atoms with van der Waals surface area (Å²) in [5, 5.41) is 3.78. The quantitative estimate of drug-likeness (QED) is 0.724. The van der Waals surface area contributed by atoms with Crippen molar-refractivity contribution in [2.24, 2.45) is 0 Å². The second-order valence-electron chi connectivity index (χ2n) is 3.02. The number of nitrogens with zero attached hydrogens (tertiary/aromatic N) is 2.